The first-order valence-electron chi connectivity index (χ1n) is 21.7. The van der Waals surface area contributed by atoms with Gasteiger partial charge in [-0.25, -0.2) is 0 Å². The van der Waals surface area contributed by atoms with Crippen LogP contribution in [-0.2, 0) is 27.8 Å². The molecule has 0 radical (unpaired) electrons. The van der Waals surface area contributed by atoms with E-state index in [0.29, 0.717) is 41.9 Å². The summed E-state index contributed by atoms with van der Waals surface area (Å²) in [5.41, 5.74) is 3.87. The van der Waals surface area contributed by atoms with E-state index in [1.165, 1.54) is 101 Å². The van der Waals surface area contributed by atoms with Crippen LogP contribution in [0.2, 0.25) is 0 Å². The molecule has 4 aliphatic carbocycles. The number of ether oxygens (including phenoxy) is 2. The van der Waals surface area contributed by atoms with Crippen LogP contribution in [0.4, 0.5) is 0 Å². The molecular weight excluding hydrogens is 661 g/mol. The van der Waals surface area contributed by atoms with Crippen LogP contribution in [0.1, 0.15) is 139 Å². The van der Waals surface area contributed by atoms with Gasteiger partial charge in [0.05, 0.1) is 12.1 Å². The third kappa shape index (κ3) is 7.81. The number of aryl methyl sites for hydroxylation is 1. The number of aliphatic hydroxyl groups excluding tert-OH is 1. The van der Waals surface area contributed by atoms with E-state index in [-0.39, 0.29) is 29.6 Å². The molecule has 1 amide bonds. The van der Waals surface area contributed by atoms with Crippen LogP contribution < -0.4 is 9.47 Å². The molecule has 1 N–H and O–H groups in total. The Kier molecular flexibility index (Phi) is 11.5. The van der Waals surface area contributed by atoms with Crippen molar-refractivity contribution in [2.45, 2.75) is 165 Å². The summed E-state index contributed by atoms with van der Waals surface area (Å²) < 4.78 is 13.0. The molecule has 4 fully saturated rings. The lowest BCUT2D eigenvalue weighted by Crippen LogP contribution is -2.69. The van der Waals surface area contributed by atoms with Crippen LogP contribution in [0.15, 0.2) is 42.5 Å². The number of unbranched alkanes of at least 4 members (excludes halogenated alkanes) is 7. The fourth-order valence-corrected chi connectivity index (χ4v) is 11.6. The maximum Gasteiger partial charge on any atom is 0.308 e. The molecule has 7 nitrogen and oxygen atoms in total. The maximum absolute atomic E-state index is 14.5. The number of aliphatic hydroxyl groups is 1. The molecule has 7 heteroatoms. The van der Waals surface area contributed by atoms with Gasteiger partial charge in [-0.1, -0.05) is 94.2 Å². The lowest BCUT2D eigenvalue weighted by molar-refractivity contribution is -0.144. The maximum atomic E-state index is 14.5. The van der Waals surface area contributed by atoms with E-state index < -0.39 is 0 Å². The Labute approximate surface area is 318 Å². The first-order chi connectivity index (χ1) is 25.9. The predicted octanol–water partition coefficient (Wildman–Crippen LogP) is 8.56. The van der Waals surface area contributed by atoms with E-state index in [0.717, 1.165) is 70.3 Å². The van der Waals surface area contributed by atoms with Gasteiger partial charge in [0.1, 0.15) is 6.10 Å². The van der Waals surface area contributed by atoms with Crippen molar-refractivity contribution in [2.75, 3.05) is 19.6 Å². The van der Waals surface area contributed by atoms with Crippen LogP contribution in [0.25, 0.3) is 0 Å². The summed E-state index contributed by atoms with van der Waals surface area (Å²) in [6, 6.07) is 15.4. The summed E-state index contributed by atoms with van der Waals surface area (Å²) in [6.07, 6.45) is 22.4. The second-order valence-corrected chi connectivity index (χ2v) is 17.8. The summed E-state index contributed by atoms with van der Waals surface area (Å²) in [4.78, 5) is 31.8. The Balaban J connectivity index is 0.948. The highest BCUT2D eigenvalue weighted by Crippen LogP contribution is 2.64. The SMILES string of the molecule is CC(=O)Oc1ccc2c3c1O[C@H]1[C@@H](N(CC4CCCCC4)C(=O)CCCCCCCCCCc4ccccc4)CC[C@H]4[C@@H](C2)N(CC2CC2O)CC[C@@]341. The van der Waals surface area contributed by atoms with Gasteiger partial charge in [-0.05, 0) is 99.8 Å². The molecule has 2 aromatic rings. The minimum absolute atomic E-state index is 0.0255. The Morgan fingerprint density at radius 3 is 2.40 bits per heavy atom. The standard InChI is InChI=1S/C46H64N2O5/c1-32(49)52-41-25-22-35-28-39-37-23-24-38(45-46(37,43(35)44(41)53-45)26-27-47(39)31-36-29-40(36)50)48(30-34-19-13-9-14-20-34)42(51)21-15-7-5-3-2-4-6-10-16-33-17-11-8-12-18-33/h8,11-12,17-18,22,25,34,36-40,45,50H,2-7,9-10,13-16,19-21,23-24,26-31H2,1H3/t36?,37-,38-,39+,40?,45-,46-/m0/s1. The summed E-state index contributed by atoms with van der Waals surface area (Å²) in [6.45, 7) is 4.28. The van der Waals surface area contributed by atoms with Crippen molar-refractivity contribution >= 4 is 11.9 Å². The van der Waals surface area contributed by atoms with Crippen molar-refractivity contribution in [1.29, 1.82) is 0 Å². The molecule has 2 bridgehead atoms. The number of nitrogens with zero attached hydrogens (tertiary/aromatic N) is 2. The normalized spacial score (nSPS) is 30.0. The van der Waals surface area contributed by atoms with Gasteiger partial charge in [0.25, 0.3) is 0 Å². The van der Waals surface area contributed by atoms with Crippen LogP contribution in [0.3, 0.4) is 0 Å². The van der Waals surface area contributed by atoms with Gasteiger partial charge in [-0.15, -0.1) is 0 Å². The Morgan fingerprint density at radius 1 is 0.925 bits per heavy atom. The molecular formula is C46H64N2O5. The highest BCUT2D eigenvalue weighted by Gasteiger charge is 2.67. The molecule has 2 unspecified atom stereocenters. The highest BCUT2D eigenvalue weighted by molar-refractivity contribution is 5.77. The van der Waals surface area contributed by atoms with E-state index in [2.05, 4.69) is 46.2 Å². The molecule has 288 valence electrons. The van der Waals surface area contributed by atoms with E-state index >= 15 is 0 Å². The summed E-state index contributed by atoms with van der Waals surface area (Å²) in [5, 5.41) is 10.3. The third-order valence-corrected chi connectivity index (χ3v) is 14.3. The molecule has 2 aliphatic heterocycles. The Bertz CT molecular complexity index is 1570. The second-order valence-electron chi connectivity index (χ2n) is 17.8. The van der Waals surface area contributed by atoms with Crippen molar-refractivity contribution in [3.8, 4) is 11.5 Å². The third-order valence-electron chi connectivity index (χ3n) is 14.3. The molecule has 1 saturated heterocycles. The van der Waals surface area contributed by atoms with Gasteiger partial charge >= 0.3 is 5.97 Å². The zero-order valence-electron chi connectivity index (χ0n) is 32.3. The van der Waals surface area contributed by atoms with Gasteiger partial charge in [-0.2, -0.15) is 0 Å². The number of benzene rings is 2. The Hall–Kier alpha value is -2.90. The zero-order valence-corrected chi connectivity index (χ0v) is 32.3. The van der Waals surface area contributed by atoms with Crippen LogP contribution in [-0.4, -0.2) is 70.7 Å². The Morgan fingerprint density at radius 2 is 1.66 bits per heavy atom. The fourth-order valence-electron chi connectivity index (χ4n) is 11.6. The van der Waals surface area contributed by atoms with E-state index in [4.69, 9.17) is 9.47 Å². The number of hydrogen-bond acceptors (Lipinski definition) is 6. The molecule has 0 aromatic heterocycles. The molecule has 2 aromatic carbocycles. The number of rotatable bonds is 17. The summed E-state index contributed by atoms with van der Waals surface area (Å²) in [5.74, 6) is 2.70. The van der Waals surface area contributed by atoms with Gasteiger partial charge in [0.2, 0.25) is 5.91 Å². The van der Waals surface area contributed by atoms with Crippen molar-refractivity contribution in [2.24, 2.45) is 17.8 Å². The number of amides is 1. The molecule has 7 atom stereocenters. The summed E-state index contributed by atoms with van der Waals surface area (Å²) in [7, 11) is 0. The molecule has 8 rings (SSSR count). The molecule has 2 heterocycles. The average Bonchev–Trinajstić information content (AvgIpc) is 3.75. The van der Waals surface area contributed by atoms with Gasteiger partial charge in [-0.3, -0.25) is 14.5 Å². The van der Waals surface area contributed by atoms with Gasteiger partial charge < -0.3 is 19.5 Å². The topological polar surface area (TPSA) is 79.3 Å². The van der Waals surface area contributed by atoms with Crippen LogP contribution in [0.5, 0.6) is 11.5 Å². The van der Waals surface area contributed by atoms with Crippen molar-refractivity contribution in [1.82, 2.24) is 9.80 Å². The molecule has 3 saturated carbocycles. The lowest BCUT2D eigenvalue weighted by Gasteiger charge is -2.60. The molecule has 6 aliphatic rings. The van der Waals surface area contributed by atoms with Gasteiger partial charge in [0, 0.05) is 49.4 Å². The molecule has 1 spiro atoms. The first kappa shape index (κ1) is 37.0. The predicted molar refractivity (Wildman–Crippen MR) is 208 cm³/mol. The fraction of sp³-hybridized carbons (Fsp3) is 0.696. The number of carbonyl (C=O) groups is 2. The minimum atomic E-state index is -0.325. The van der Waals surface area contributed by atoms with Gasteiger partial charge in [0.15, 0.2) is 11.5 Å². The quantitative estimate of drug-likeness (QED) is 0.100. The van der Waals surface area contributed by atoms with Crippen molar-refractivity contribution < 1.29 is 24.2 Å². The summed E-state index contributed by atoms with van der Waals surface area (Å²) >= 11 is 0. The lowest BCUT2D eigenvalue weighted by atomic mass is 9.51. The number of likely N-dealkylation sites (tertiary alicyclic amines) is 1. The van der Waals surface area contributed by atoms with Crippen molar-refractivity contribution in [3.05, 3.63) is 59.2 Å². The second kappa shape index (κ2) is 16.5. The highest BCUT2D eigenvalue weighted by atomic mass is 16.6. The molecule has 53 heavy (non-hydrogen) atoms. The smallest absolute Gasteiger partial charge is 0.308 e. The largest absolute Gasteiger partial charge is 0.483 e. The monoisotopic (exact) mass is 724 g/mol. The number of esters is 1. The zero-order chi connectivity index (χ0) is 36.4. The number of hydrogen-bond donors (Lipinski definition) is 1. The average molecular weight is 725 g/mol. The van der Waals surface area contributed by atoms with Crippen LogP contribution in [0, 0.1) is 17.8 Å². The van der Waals surface area contributed by atoms with E-state index in [1.807, 2.05) is 6.07 Å². The van der Waals surface area contributed by atoms with Crippen molar-refractivity contribution in [3.63, 3.8) is 0 Å². The first-order valence-corrected chi connectivity index (χ1v) is 21.7. The van der Waals surface area contributed by atoms with E-state index in [9.17, 15) is 14.7 Å². The van der Waals surface area contributed by atoms with Crippen LogP contribution >= 0.6 is 0 Å². The minimum Gasteiger partial charge on any atom is -0.483 e. The number of piperidine rings is 1. The van der Waals surface area contributed by atoms with E-state index in [1.54, 1.807) is 0 Å². The number of carbonyl (C=O) groups excluding carboxylic acids is 2.